The Bertz CT molecular complexity index is 1170. The molecule has 2 aromatic heterocycles. The summed E-state index contributed by atoms with van der Waals surface area (Å²) in [6.07, 6.45) is 1.63. The lowest BCUT2D eigenvalue weighted by Crippen LogP contribution is -2.20. The lowest BCUT2D eigenvalue weighted by molar-refractivity contribution is 0.414. The molecule has 0 aliphatic carbocycles. The molecule has 5 heteroatoms. The molecule has 2 aromatic carbocycles. The summed E-state index contributed by atoms with van der Waals surface area (Å²) in [6.45, 7) is 4.66. The monoisotopic (exact) mass is 376 g/mol. The third-order valence-electron chi connectivity index (χ3n) is 4.89. The molecule has 0 atom stereocenters. The fourth-order valence-corrected chi connectivity index (χ4v) is 4.04. The van der Waals surface area contributed by atoms with Crippen LogP contribution in [0.2, 0.25) is 0 Å². The Balaban J connectivity index is 1.78. The van der Waals surface area contributed by atoms with Crippen molar-refractivity contribution in [2.45, 2.75) is 20.4 Å². The van der Waals surface area contributed by atoms with Gasteiger partial charge in [-0.15, -0.1) is 11.3 Å². The summed E-state index contributed by atoms with van der Waals surface area (Å²) in [4.78, 5) is 18.5. The first-order valence-electron chi connectivity index (χ1n) is 8.74. The Kier molecular flexibility index (Phi) is 4.54. The van der Waals surface area contributed by atoms with Crippen LogP contribution in [-0.2, 0) is 6.54 Å². The third-order valence-corrected chi connectivity index (χ3v) is 5.78. The third kappa shape index (κ3) is 3.26. The minimum Gasteiger partial charge on any atom is -0.497 e. The van der Waals surface area contributed by atoms with Gasteiger partial charge >= 0.3 is 0 Å². The maximum atomic E-state index is 13.2. The van der Waals surface area contributed by atoms with Crippen LogP contribution < -0.4 is 10.3 Å². The predicted molar refractivity (Wildman–Crippen MR) is 111 cm³/mol. The maximum Gasteiger partial charge on any atom is 0.263 e. The first kappa shape index (κ1) is 17.5. The summed E-state index contributed by atoms with van der Waals surface area (Å²) in [5.41, 5.74) is 5.50. The SMILES string of the molecule is COc1ccc(Cn2cnc3scc(-c4ccc(C)c(C)c4)c3c2=O)cc1. The molecule has 4 nitrogen and oxygen atoms in total. The molecule has 0 radical (unpaired) electrons. The Morgan fingerprint density at radius 1 is 1.07 bits per heavy atom. The minimum absolute atomic E-state index is 0.00899. The van der Waals surface area contributed by atoms with Gasteiger partial charge in [-0.2, -0.15) is 0 Å². The molecule has 4 aromatic rings. The van der Waals surface area contributed by atoms with Crippen LogP contribution in [0.4, 0.5) is 0 Å². The van der Waals surface area contributed by atoms with Gasteiger partial charge in [-0.1, -0.05) is 30.3 Å². The van der Waals surface area contributed by atoms with Gasteiger partial charge in [0.25, 0.3) is 5.56 Å². The summed E-state index contributed by atoms with van der Waals surface area (Å²) < 4.78 is 6.86. The van der Waals surface area contributed by atoms with Gasteiger partial charge in [0.05, 0.1) is 25.4 Å². The highest BCUT2D eigenvalue weighted by molar-refractivity contribution is 7.17. The van der Waals surface area contributed by atoms with E-state index >= 15 is 0 Å². The summed E-state index contributed by atoms with van der Waals surface area (Å²) in [5, 5.41) is 2.72. The number of benzene rings is 2. The highest BCUT2D eigenvalue weighted by Crippen LogP contribution is 2.31. The number of fused-ring (bicyclic) bond motifs is 1. The highest BCUT2D eigenvalue weighted by atomic mass is 32.1. The number of hydrogen-bond acceptors (Lipinski definition) is 4. The van der Waals surface area contributed by atoms with Crippen molar-refractivity contribution >= 4 is 21.6 Å². The second kappa shape index (κ2) is 7.00. The normalized spacial score (nSPS) is 11.1. The first-order chi connectivity index (χ1) is 13.1. The number of ether oxygens (including phenoxy) is 1. The summed E-state index contributed by atoms with van der Waals surface area (Å²) in [7, 11) is 1.64. The molecule has 0 fully saturated rings. The van der Waals surface area contributed by atoms with Crippen LogP contribution in [0.25, 0.3) is 21.3 Å². The summed E-state index contributed by atoms with van der Waals surface area (Å²) in [6, 6.07) is 14.0. The molecule has 0 aliphatic rings. The Morgan fingerprint density at radius 3 is 2.56 bits per heavy atom. The molecule has 0 aliphatic heterocycles. The Labute approximate surface area is 161 Å². The van der Waals surface area contributed by atoms with Crippen molar-refractivity contribution in [3.05, 3.63) is 81.2 Å². The van der Waals surface area contributed by atoms with Crippen molar-refractivity contribution in [1.29, 1.82) is 0 Å². The van der Waals surface area contributed by atoms with E-state index in [1.54, 1.807) is 18.0 Å². The van der Waals surface area contributed by atoms with Crippen LogP contribution in [0.3, 0.4) is 0 Å². The van der Waals surface area contributed by atoms with E-state index in [1.165, 1.54) is 22.5 Å². The molecule has 0 amide bonds. The van der Waals surface area contributed by atoms with E-state index in [1.807, 2.05) is 29.6 Å². The van der Waals surface area contributed by atoms with Crippen LogP contribution in [0.1, 0.15) is 16.7 Å². The van der Waals surface area contributed by atoms with Crippen LogP contribution in [0.5, 0.6) is 5.75 Å². The van der Waals surface area contributed by atoms with Crippen LogP contribution in [0, 0.1) is 13.8 Å². The van der Waals surface area contributed by atoms with Gasteiger partial charge in [-0.05, 0) is 48.2 Å². The van der Waals surface area contributed by atoms with Gasteiger partial charge in [0, 0.05) is 10.9 Å². The van der Waals surface area contributed by atoms with Crippen molar-refractivity contribution in [3.63, 3.8) is 0 Å². The molecule has 0 unspecified atom stereocenters. The molecular weight excluding hydrogens is 356 g/mol. The Hall–Kier alpha value is -2.92. The zero-order chi connectivity index (χ0) is 19.0. The molecule has 27 heavy (non-hydrogen) atoms. The van der Waals surface area contributed by atoms with Crippen molar-refractivity contribution < 1.29 is 4.74 Å². The number of aryl methyl sites for hydroxylation is 2. The smallest absolute Gasteiger partial charge is 0.263 e. The highest BCUT2D eigenvalue weighted by Gasteiger charge is 2.14. The molecule has 0 N–H and O–H groups in total. The second-order valence-corrected chi connectivity index (χ2v) is 7.51. The van der Waals surface area contributed by atoms with Gasteiger partial charge < -0.3 is 4.74 Å². The zero-order valence-electron chi connectivity index (χ0n) is 15.5. The van der Waals surface area contributed by atoms with E-state index in [2.05, 4.69) is 37.0 Å². The van der Waals surface area contributed by atoms with Crippen molar-refractivity contribution in [3.8, 4) is 16.9 Å². The lowest BCUT2D eigenvalue weighted by Gasteiger charge is -2.08. The standard InChI is InChI=1S/C22H20N2O2S/c1-14-4-7-17(10-15(14)2)19-12-27-21-20(19)22(25)24(13-23-21)11-16-5-8-18(26-3)9-6-16/h4-10,12-13H,11H2,1-3H3. The zero-order valence-corrected chi connectivity index (χ0v) is 16.3. The number of nitrogens with zero attached hydrogens (tertiary/aromatic N) is 2. The average molecular weight is 376 g/mol. The number of rotatable bonds is 4. The summed E-state index contributed by atoms with van der Waals surface area (Å²) in [5.74, 6) is 0.800. The van der Waals surface area contributed by atoms with Gasteiger partial charge in [-0.25, -0.2) is 4.98 Å². The fraction of sp³-hybridized carbons (Fsp3) is 0.182. The molecule has 0 spiro atoms. The number of hydrogen-bond donors (Lipinski definition) is 0. The summed E-state index contributed by atoms with van der Waals surface area (Å²) >= 11 is 1.51. The molecule has 2 heterocycles. The topological polar surface area (TPSA) is 44.1 Å². The number of methoxy groups -OCH3 is 1. The minimum atomic E-state index is -0.00899. The van der Waals surface area contributed by atoms with E-state index in [0.717, 1.165) is 27.3 Å². The quantitative estimate of drug-likeness (QED) is 0.514. The maximum absolute atomic E-state index is 13.2. The van der Waals surface area contributed by atoms with Gasteiger partial charge in [0.15, 0.2) is 0 Å². The van der Waals surface area contributed by atoms with Crippen molar-refractivity contribution in [1.82, 2.24) is 9.55 Å². The van der Waals surface area contributed by atoms with Crippen LogP contribution in [0.15, 0.2) is 59.0 Å². The lowest BCUT2D eigenvalue weighted by atomic mass is 10.0. The molecule has 0 bridgehead atoms. The van der Waals surface area contributed by atoms with E-state index in [-0.39, 0.29) is 5.56 Å². The average Bonchev–Trinajstić information content (AvgIpc) is 3.12. The van der Waals surface area contributed by atoms with E-state index in [9.17, 15) is 4.79 Å². The molecule has 136 valence electrons. The van der Waals surface area contributed by atoms with Crippen LogP contribution >= 0.6 is 11.3 Å². The second-order valence-electron chi connectivity index (χ2n) is 6.65. The number of aromatic nitrogens is 2. The first-order valence-corrected chi connectivity index (χ1v) is 9.62. The van der Waals surface area contributed by atoms with E-state index in [0.29, 0.717) is 11.9 Å². The molecule has 4 rings (SSSR count). The fourth-order valence-electron chi connectivity index (χ4n) is 3.13. The van der Waals surface area contributed by atoms with Crippen molar-refractivity contribution in [2.75, 3.05) is 7.11 Å². The van der Waals surface area contributed by atoms with E-state index < -0.39 is 0 Å². The van der Waals surface area contributed by atoms with Crippen molar-refractivity contribution in [2.24, 2.45) is 0 Å². The van der Waals surface area contributed by atoms with Gasteiger partial charge in [0.2, 0.25) is 0 Å². The predicted octanol–water partition coefficient (Wildman–Crippen LogP) is 4.80. The van der Waals surface area contributed by atoms with Gasteiger partial charge in [-0.3, -0.25) is 9.36 Å². The number of thiophene rings is 1. The largest absolute Gasteiger partial charge is 0.497 e. The molecular formula is C22H20N2O2S. The van der Waals surface area contributed by atoms with Gasteiger partial charge in [0.1, 0.15) is 10.6 Å². The molecule has 0 saturated carbocycles. The van der Waals surface area contributed by atoms with Crippen LogP contribution in [-0.4, -0.2) is 16.7 Å². The Morgan fingerprint density at radius 2 is 1.85 bits per heavy atom. The molecule has 0 saturated heterocycles. The van der Waals surface area contributed by atoms with E-state index in [4.69, 9.17) is 4.74 Å².